The normalized spacial score (nSPS) is 10.4. The first-order valence-electron chi connectivity index (χ1n) is 5.12. The molecule has 1 aromatic carbocycles. The lowest BCUT2D eigenvalue weighted by Gasteiger charge is -2.04. The first-order valence-corrected chi connectivity index (χ1v) is 6.28. The summed E-state index contributed by atoms with van der Waals surface area (Å²) in [5, 5.41) is 8.53. The Kier molecular flexibility index (Phi) is 3.82. The van der Waals surface area contributed by atoms with Crippen molar-refractivity contribution in [1.82, 2.24) is 9.55 Å². The van der Waals surface area contributed by atoms with Gasteiger partial charge in [-0.3, -0.25) is 4.79 Å². The van der Waals surface area contributed by atoms with E-state index >= 15 is 0 Å². The molecule has 2 rings (SSSR count). The molecule has 1 heterocycles. The molecule has 0 amide bonds. The van der Waals surface area contributed by atoms with Crippen LogP contribution in [0.25, 0.3) is 5.69 Å². The van der Waals surface area contributed by atoms with Crippen LogP contribution in [0.1, 0.15) is 5.56 Å². The second kappa shape index (κ2) is 5.54. The molecule has 0 spiro atoms. The topological polar surface area (TPSA) is 55.1 Å². The number of hydrogen-bond acceptors (Lipinski definition) is 3. The van der Waals surface area contributed by atoms with Gasteiger partial charge in [0.2, 0.25) is 0 Å². The van der Waals surface area contributed by atoms with Crippen LogP contribution in [0.3, 0.4) is 0 Å². The summed E-state index contributed by atoms with van der Waals surface area (Å²) in [5.41, 5.74) is 2.18. The molecule has 5 heteroatoms. The number of carbonyl (C=O) groups is 1. The van der Waals surface area contributed by atoms with Gasteiger partial charge >= 0.3 is 5.97 Å². The van der Waals surface area contributed by atoms with E-state index in [-0.39, 0.29) is 5.75 Å². The molecule has 0 saturated heterocycles. The van der Waals surface area contributed by atoms with E-state index in [1.807, 2.05) is 35.0 Å². The van der Waals surface area contributed by atoms with Gasteiger partial charge < -0.3 is 9.67 Å². The summed E-state index contributed by atoms with van der Waals surface area (Å²) in [6.45, 7) is 0. The predicted octanol–water partition coefficient (Wildman–Crippen LogP) is 2.19. The van der Waals surface area contributed by atoms with Crippen molar-refractivity contribution in [3.8, 4) is 5.69 Å². The lowest BCUT2D eigenvalue weighted by molar-refractivity contribution is -0.133. The number of rotatable bonds is 5. The van der Waals surface area contributed by atoms with Gasteiger partial charge in [-0.1, -0.05) is 12.1 Å². The minimum Gasteiger partial charge on any atom is -0.481 e. The lowest BCUT2D eigenvalue weighted by Crippen LogP contribution is -1.98. The summed E-state index contributed by atoms with van der Waals surface area (Å²) in [7, 11) is 0. The van der Waals surface area contributed by atoms with Crippen molar-refractivity contribution in [2.45, 2.75) is 5.75 Å². The maximum atomic E-state index is 10.4. The van der Waals surface area contributed by atoms with E-state index in [0.717, 1.165) is 17.0 Å². The monoisotopic (exact) mass is 248 g/mol. The molecule has 0 atom stereocenters. The van der Waals surface area contributed by atoms with E-state index in [9.17, 15) is 4.79 Å². The first kappa shape index (κ1) is 11.7. The Morgan fingerprint density at radius 1 is 1.35 bits per heavy atom. The number of nitrogens with zero attached hydrogens (tertiary/aromatic N) is 2. The Hall–Kier alpha value is -1.75. The Labute approximate surface area is 103 Å². The van der Waals surface area contributed by atoms with Crippen LogP contribution in [-0.2, 0) is 10.5 Å². The fourth-order valence-electron chi connectivity index (χ4n) is 1.43. The van der Waals surface area contributed by atoms with Gasteiger partial charge in [-0.15, -0.1) is 11.8 Å². The Morgan fingerprint density at radius 3 is 2.71 bits per heavy atom. The van der Waals surface area contributed by atoms with Gasteiger partial charge in [-0.2, -0.15) is 0 Å². The zero-order chi connectivity index (χ0) is 12.1. The van der Waals surface area contributed by atoms with E-state index in [4.69, 9.17) is 5.11 Å². The third kappa shape index (κ3) is 3.35. The molecule has 0 aliphatic heterocycles. The molecule has 2 aromatic rings. The SMILES string of the molecule is O=C(O)CSCc1ccc(-n2ccnc2)cc1. The zero-order valence-electron chi connectivity index (χ0n) is 9.11. The fourth-order valence-corrected chi connectivity index (χ4v) is 2.14. The highest BCUT2D eigenvalue weighted by atomic mass is 32.2. The molecular formula is C12H12N2O2S. The van der Waals surface area contributed by atoms with E-state index in [0.29, 0.717) is 0 Å². The molecule has 0 bridgehead atoms. The molecule has 17 heavy (non-hydrogen) atoms. The summed E-state index contributed by atoms with van der Waals surface area (Å²) in [6.07, 6.45) is 5.36. The van der Waals surface area contributed by atoms with Gasteiger partial charge in [-0.05, 0) is 17.7 Å². The second-order valence-electron chi connectivity index (χ2n) is 3.52. The molecule has 0 radical (unpaired) electrons. The number of imidazole rings is 1. The summed E-state index contributed by atoms with van der Waals surface area (Å²) in [6, 6.07) is 8.01. The number of aliphatic carboxylic acids is 1. The van der Waals surface area contributed by atoms with E-state index < -0.39 is 5.97 Å². The third-order valence-corrected chi connectivity index (χ3v) is 3.22. The summed E-state index contributed by atoms with van der Waals surface area (Å²) in [4.78, 5) is 14.4. The molecule has 4 nitrogen and oxygen atoms in total. The fraction of sp³-hybridized carbons (Fsp3) is 0.167. The van der Waals surface area contributed by atoms with Crippen LogP contribution in [0.4, 0.5) is 0 Å². The quantitative estimate of drug-likeness (QED) is 0.881. The minimum absolute atomic E-state index is 0.142. The molecular weight excluding hydrogens is 236 g/mol. The Balaban J connectivity index is 1.96. The van der Waals surface area contributed by atoms with Crippen LogP contribution in [-0.4, -0.2) is 26.4 Å². The molecule has 1 N–H and O–H groups in total. The van der Waals surface area contributed by atoms with Crippen LogP contribution >= 0.6 is 11.8 Å². The third-order valence-electron chi connectivity index (χ3n) is 2.23. The summed E-state index contributed by atoms with van der Waals surface area (Å²) < 4.78 is 1.92. The van der Waals surface area contributed by atoms with E-state index in [1.165, 1.54) is 11.8 Å². The molecule has 0 unspecified atom stereocenters. The van der Waals surface area contributed by atoms with Crippen LogP contribution in [0.15, 0.2) is 43.0 Å². The van der Waals surface area contributed by atoms with Gasteiger partial charge in [0.25, 0.3) is 0 Å². The maximum Gasteiger partial charge on any atom is 0.313 e. The number of thioether (sulfide) groups is 1. The van der Waals surface area contributed by atoms with Crippen LogP contribution in [0.5, 0.6) is 0 Å². The number of carboxylic acids is 1. The number of hydrogen-bond donors (Lipinski definition) is 1. The number of aromatic nitrogens is 2. The molecule has 88 valence electrons. The smallest absolute Gasteiger partial charge is 0.313 e. The molecule has 0 aliphatic carbocycles. The van der Waals surface area contributed by atoms with Crippen molar-refractivity contribution in [1.29, 1.82) is 0 Å². The Bertz CT molecular complexity index is 480. The molecule has 0 saturated carbocycles. The van der Waals surface area contributed by atoms with Gasteiger partial charge in [-0.25, -0.2) is 4.98 Å². The van der Waals surface area contributed by atoms with Crippen molar-refractivity contribution < 1.29 is 9.90 Å². The first-order chi connectivity index (χ1) is 8.25. The summed E-state index contributed by atoms with van der Waals surface area (Å²) in [5.74, 6) is 0.0878. The zero-order valence-corrected chi connectivity index (χ0v) is 9.93. The van der Waals surface area contributed by atoms with Gasteiger partial charge in [0, 0.05) is 23.8 Å². The van der Waals surface area contributed by atoms with Crippen molar-refractivity contribution >= 4 is 17.7 Å². The van der Waals surface area contributed by atoms with Crippen LogP contribution in [0, 0.1) is 0 Å². The van der Waals surface area contributed by atoms with Crippen molar-refractivity contribution in [2.75, 3.05) is 5.75 Å². The molecule has 1 aromatic heterocycles. The van der Waals surface area contributed by atoms with Crippen LogP contribution in [0.2, 0.25) is 0 Å². The molecule has 0 aliphatic rings. The highest BCUT2D eigenvalue weighted by molar-refractivity contribution is 7.99. The second-order valence-corrected chi connectivity index (χ2v) is 4.51. The maximum absolute atomic E-state index is 10.4. The number of carboxylic acid groups (broad SMARTS) is 1. The average molecular weight is 248 g/mol. The standard InChI is InChI=1S/C12H12N2O2S/c15-12(16)8-17-7-10-1-3-11(4-2-10)14-6-5-13-9-14/h1-6,9H,7-8H2,(H,15,16). The predicted molar refractivity (Wildman–Crippen MR) is 67.4 cm³/mol. The van der Waals surface area contributed by atoms with Gasteiger partial charge in [0.1, 0.15) is 0 Å². The van der Waals surface area contributed by atoms with Crippen LogP contribution < -0.4 is 0 Å². The molecule has 0 fully saturated rings. The van der Waals surface area contributed by atoms with E-state index in [1.54, 1.807) is 12.5 Å². The van der Waals surface area contributed by atoms with Crippen molar-refractivity contribution in [2.24, 2.45) is 0 Å². The average Bonchev–Trinajstić information content (AvgIpc) is 2.83. The highest BCUT2D eigenvalue weighted by Crippen LogP contribution is 2.14. The summed E-state index contributed by atoms with van der Waals surface area (Å²) >= 11 is 1.40. The largest absolute Gasteiger partial charge is 0.481 e. The van der Waals surface area contributed by atoms with Gasteiger partial charge in [0.05, 0.1) is 12.1 Å². The minimum atomic E-state index is -0.773. The highest BCUT2D eigenvalue weighted by Gasteiger charge is 1.99. The Morgan fingerprint density at radius 2 is 2.12 bits per heavy atom. The van der Waals surface area contributed by atoms with Crippen molar-refractivity contribution in [3.63, 3.8) is 0 Å². The lowest BCUT2D eigenvalue weighted by atomic mass is 10.2. The van der Waals surface area contributed by atoms with Crippen molar-refractivity contribution in [3.05, 3.63) is 48.5 Å². The van der Waals surface area contributed by atoms with Gasteiger partial charge in [0.15, 0.2) is 0 Å². The number of benzene rings is 1. The van der Waals surface area contributed by atoms with E-state index in [2.05, 4.69) is 4.98 Å².